The number of aromatic amines is 2. The van der Waals surface area contributed by atoms with Crippen LogP contribution >= 0.6 is 0 Å². The lowest BCUT2D eigenvalue weighted by molar-refractivity contribution is 1.19. The quantitative estimate of drug-likeness (QED) is 0.623. The summed E-state index contributed by atoms with van der Waals surface area (Å²) in [6.45, 7) is 0. The molecule has 2 N–H and O–H groups in total. The van der Waals surface area contributed by atoms with Gasteiger partial charge in [-0.25, -0.2) is 15.0 Å². The van der Waals surface area contributed by atoms with Gasteiger partial charge in [0, 0.05) is 18.3 Å². The molecule has 0 atom stereocenters. The maximum Gasteiger partial charge on any atom is 0.182 e. The zero-order chi connectivity index (χ0) is 11.0. The summed E-state index contributed by atoms with van der Waals surface area (Å²) in [4.78, 5) is 29.3. The molecule has 0 spiro atoms. The Hall–Kier alpha value is -2.50. The maximum atomic E-state index is 11.2. The van der Waals surface area contributed by atoms with Crippen molar-refractivity contribution < 1.29 is 0 Å². The molecule has 16 heavy (non-hydrogen) atoms. The number of nitrogens with zero attached hydrogens (tertiary/aromatic N) is 3. The summed E-state index contributed by atoms with van der Waals surface area (Å²) in [5.74, 6) is 0.577. The van der Waals surface area contributed by atoms with Crippen molar-refractivity contribution in [2.75, 3.05) is 0 Å². The van der Waals surface area contributed by atoms with Crippen LogP contribution in [0.25, 0.3) is 22.7 Å². The summed E-state index contributed by atoms with van der Waals surface area (Å²) in [5.41, 5.74) is 1.88. The van der Waals surface area contributed by atoms with Gasteiger partial charge < -0.3 is 9.97 Å². The van der Waals surface area contributed by atoms with E-state index < -0.39 is 0 Å². The summed E-state index contributed by atoms with van der Waals surface area (Å²) in [5, 5.41) is 0. The first-order valence-electron chi connectivity index (χ1n) is 4.68. The zero-order valence-corrected chi connectivity index (χ0v) is 8.14. The van der Waals surface area contributed by atoms with E-state index in [1.165, 1.54) is 18.5 Å². The number of fused-ring (bicyclic) bond motifs is 1. The van der Waals surface area contributed by atoms with Crippen LogP contribution in [0.4, 0.5) is 0 Å². The third kappa shape index (κ3) is 1.36. The fraction of sp³-hybridized carbons (Fsp3) is 0. The highest BCUT2D eigenvalue weighted by atomic mass is 16.1. The lowest BCUT2D eigenvalue weighted by Crippen LogP contribution is -1.98. The van der Waals surface area contributed by atoms with Crippen LogP contribution in [0.5, 0.6) is 0 Å². The molecule has 0 amide bonds. The number of aromatic nitrogens is 5. The Balaban J connectivity index is 2.23. The van der Waals surface area contributed by atoms with Gasteiger partial charge in [0.15, 0.2) is 16.9 Å². The van der Waals surface area contributed by atoms with E-state index in [1.54, 1.807) is 12.4 Å². The van der Waals surface area contributed by atoms with Gasteiger partial charge in [-0.15, -0.1) is 0 Å². The van der Waals surface area contributed by atoms with E-state index in [9.17, 15) is 4.79 Å². The molecule has 3 heterocycles. The molecule has 78 valence electrons. The molecule has 3 rings (SSSR count). The second-order valence-corrected chi connectivity index (χ2v) is 3.28. The first-order chi connectivity index (χ1) is 7.83. The van der Waals surface area contributed by atoms with Gasteiger partial charge in [-0.1, -0.05) is 0 Å². The van der Waals surface area contributed by atoms with Gasteiger partial charge in [-0.05, 0) is 0 Å². The largest absolute Gasteiger partial charge is 0.358 e. The third-order valence-corrected chi connectivity index (χ3v) is 2.19. The summed E-state index contributed by atoms with van der Waals surface area (Å²) < 4.78 is 0. The lowest BCUT2D eigenvalue weighted by Gasteiger charge is -1.93. The van der Waals surface area contributed by atoms with E-state index >= 15 is 0 Å². The molecule has 0 saturated heterocycles. The Morgan fingerprint density at radius 2 is 2.25 bits per heavy atom. The summed E-state index contributed by atoms with van der Waals surface area (Å²) >= 11 is 0. The van der Waals surface area contributed by atoms with Gasteiger partial charge in [0.1, 0.15) is 11.8 Å². The predicted octanol–water partition coefficient (Wildman–Crippen LogP) is 0.708. The van der Waals surface area contributed by atoms with Crippen LogP contribution in [0.2, 0.25) is 0 Å². The molecule has 0 radical (unpaired) electrons. The van der Waals surface area contributed by atoms with Crippen LogP contribution in [0.1, 0.15) is 0 Å². The normalized spacial score (nSPS) is 10.8. The predicted molar refractivity (Wildman–Crippen MR) is 57.7 cm³/mol. The van der Waals surface area contributed by atoms with Crippen molar-refractivity contribution in [1.82, 2.24) is 24.9 Å². The van der Waals surface area contributed by atoms with Gasteiger partial charge in [-0.2, -0.15) is 0 Å². The zero-order valence-electron chi connectivity index (χ0n) is 8.14. The van der Waals surface area contributed by atoms with Crippen molar-refractivity contribution in [3.05, 3.63) is 41.1 Å². The number of hydrogen-bond acceptors (Lipinski definition) is 4. The van der Waals surface area contributed by atoms with Gasteiger partial charge in [-0.3, -0.25) is 4.79 Å². The Kier molecular flexibility index (Phi) is 1.79. The first-order valence-corrected chi connectivity index (χ1v) is 4.68. The van der Waals surface area contributed by atoms with Gasteiger partial charge in [0.05, 0.1) is 11.9 Å². The fourth-order valence-electron chi connectivity index (χ4n) is 1.47. The molecule has 0 aliphatic rings. The highest BCUT2D eigenvalue weighted by molar-refractivity contribution is 5.73. The molecule has 0 unspecified atom stereocenters. The lowest BCUT2D eigenvalue weighted by atomic mass is 10.3. The number of hydrogen-bond donors (Lipinski definition) is 2. The maximum absolute atomic E-state index is 11.2. The van der Waals surface area contributed by atoms with Crippen molar-refractivity contribution in [3.8, 4) is 11.5 Å². The first kappa shape index (κ1) is 8.78. The minimum absolute atomic E-state index is 0.0692. The second kappa shape index (κ2) is 3.27. The van der Waals surface area contributed by atoms with Crippen LogP contribution < -0.4 is 5.43 Å². The Morgan fingerprint density at radius 3 is 3.06 bits per heavy atom. The average Bonchev–Trinajstić information content (AvgIpc) is 2.72. The number of rotatable bonds is 1. The van der Waals surface area contributed by atoms with Crippen LogP contribution in [0.3, 0.4) is 0 Å². The van der Waals surface area contributed by atoms with Gasteiger partial charge in [0.25, 0.3) is 0 Å². The minimum Gasteiger partial charge on any atom is -0.358 e. The molecule has 6 nitrogen and oxygen atoms in total. The molecule has 0 bridgehead atoms. The monoisotopic (exact) mass is 213 g/mol. The molecule has 0 fully saturated rings. The van der Waals surface area contributed by atoms with Crippen molar-refractivity contribution >= 4 is 11.2 Å². The third-order valence-electron chi connectivity index (χ3n) is 2.19. The number of imidazole rings is 1. The standard InChI is InChI=1S/C10H7N5O/c16-6-1-2-12-7(3-6)10-14-8-4-11-5-13-9(8)15-10/h1-5H,(H,12,16)(H,11,13,14,15). The number of H-pyrrole nitrogens is 2. The van der Waals surface area contributed by atoms with Crippen molar-refractivity contribution in [2.45, 2.75) is 0 Å². The molecule has 3 aromatic heterocycles. The minimum atomic E-state index is -0.0692. The molecule has 6 heteroatoms. The average molecular weight is 213 g/mol. The van der Waals surface area contributed by atoms with E-state index in [0.717, 1.165) is 5.52 Å². The van der Waals surface area contributed by atoms with E-state index in [1.807, 2.05) is 0 Å². The van der Waals surface area contributed by atoms with Crippen molar-refractivity contribution in [3.63, 3.8) is 0 Å². The number of nitrogens with one attached hydrogen (secondary N) is 2. The fourth-order valence-corrected chi connectivity index (χ4v) is 1.47. The van der Waals surface area contributed by atoms with E-state index in [2.05, 4.69) is 24.9 Å². The van der Waals surface area contributed by atoms with Crippen LogP contribution in [0.15, 0.2) is 35.6 Å². The highest BCUT2D eigenvalue weighted by Crippen LogP contribution is 2.14. The number of pyridine rings is 1. The van der Waals surface area contributed by atoms with Crippen LogP contribution in [0, 0.1) is 0 Å². The van der Waals surface area contributed by atoms with Gasteiger partial charge >= 0.3 is 0 Å². The van der Waals surface area contributed by atoms with Gasteiger partial charge in [0.2, 0.25) is 0 Å². The Morgan fingerprint density at radius 1 is 1.31 bits per heavy atom. The Bertz CT molecular complexity index is 666. The topological polar surface area (TPSA) is 87.3 Å². The van der Waals surface area contributed by atoms with Crippen LogP contribution in [-0.2, 0) is 0 Å². The molecule has 0 aliphatic heterocycles. The van der Waals surface area contributed by atoms with E-state index in [0.29, 0.717) is 17.2 Å². The molecular weight excluding hydrogens is 206 g/mol. The smallest absolute Gasteiger partial charge is 0.182 e. The SMILES string of the molecule is O=c1cc[nH]c(-c2nc3ncncc3[nH]2)c1. The summed E-state index contributed by atoms with van der Waals surface area (Å²) in [7, 11) is 0. The second-order valence-electron chi connectivity index (χ2n) is 3.28. The summed E-state index contributed by atoms with van der Waals surface area (Å²) in [6, 6.07) is 2.93. The van der Waals surface area contributed by atoms with Crippen molar-refractivity contribution in [2.24, 2.45) is 0 Å². The molecule has 0 aliphatic carbocycles. The summed E-state index contributed by atoms with van der Waals surface area (Å²) in [6.07, 6.45) is 4.65. The van der Waals surface area contributed by atoms with Crippen LogP contribution in [-0.4, -0.2) is 24.9 Å². The van der Waals surface area contributed by atoms with E-state index in [4.69, 9.17) is 0 Å². The molecule has 0 aromatic carbocycles. The van der Waals surface area contributed by atoms with Crippen molar-refractivity contribution in [1.29, 1.82) is 0 Å². The molecule has 3 aromatic rings. The molecule has 0 saturated carbocycles. The van der Waals surface area contributed by atoms with E-state index in [-0.39, 0.29) is 5.43 Å². The molecular formula is C10H7N5O. The highest BCUT2D eigenvalue weighted by Gasteiger charge is 2.06. The Labute approximate surface area is 89.4 Å².